The van der Waals surface area contributed by atoms with Gasteiger partial charge in [-0.1, -0.05) is 25.3 Å². The largest absolute Gasteiger partial charge is 0.435 e. The molecule has 4 rings (SSSR count). The Balaban J connectivity index is 1.49. The Hall–Kier alpha value is -2.69. The Morgan fingerprint density at radius 2 is 2.04 bits per heavy atom. The molecule has 1 aliphatic carbocycles. The van der Waals surface area contributed by atoms with Crippen LogP contribution < -0.4 is 5.32 Å². The lowest BCUT2D eigenvalue weighted by Gasteiger charge is -2.21. The van der Waals surface area contributed by atoms with E-state index in [0.29, 0.717) is 28.6 Å². The minimum atomic E-state index is -0.0525. The molecular weight excluding hydrogens is 314 g/mol. The Bertz CT molecular complexity index is 867. The summed E-state index contributed by atoms with van der Waals surface area (Å²) < 4.78 is 5.79. The molecule has 0 atom stereocenters. The van der Waals surface area contributed by atoms with Crippen LogP contribution in [0.4, 0.5) is 0 Å². The van der Waals surface area contributed by atoms with Crippen LogP contribution in [0.5, 0.6) is 0 Å². The lowest BCUT2D eigenvalue weighted by molar-refractivity contribution is 0.0943. The van der Waals surface area contributed by atoms with E-state index in [4.69, 9.17) is 4.42 Å². The second-order valence-corrected chi connectivity index (χ2v) is 6.63. The number of rotatable bonds is 4. The number of fused-ring (bicyclic) bond motifs is 1. The first-order chi connectivity index (χ1) is 12.3. The minimum absolute atomic E-state index is 0.0525. The van der Waals surface area contributed by atoms with E-state index >= 15 is 0 Å². The van der Waals surface area contributed by atoms with Crippen LogP contribution in [0.3, 0.4) is 0 Å². The molecule has 1 saturated carbocycles. The summed E-state index contributed by atoms with van der Waals surface area (Å²) in [5.41, 5.74) is 2.62. The maximum atomic E-state index is 12.4. The van der Waals surface area contributed by atoms with E-state index in [1.807, 2.05) is 24.3 Å². The number of hydrogen-bond donors (Lipinski definition) is 1. The van der Waals surface area contributed by atoms with Gasteiger partial charge in [-0.05, 0) is 49.1 Å². The number of pyridine rings is 1. The van der Waals surface area contributed by atoms with Gasteiger partial charge < -0.3 is 9.73 Å². The predicted octanol–water partition coefficient (Wildman–Crippen LogP) is 4.20. The first kappa shape index (κ1) is 15.8. The van der Waals surface area contributed by atoms with Crippen molar-refractivity contribution in [3.05, 3.63) is 48.2 Å². The van der Waals surface area contributed by atoms with Crippen LogP contribution in [0.15, 0.2) is 47.0 Å². The highest BCUT2D eigenvalue weighted by molar-refractivity contribution is 5.97. The zero-order valence-electron chi connectivity index (χ0n) is 14.1. The smallest absolute Gasteiger partial charge is 0.251 e. The van der Waals surface area contributed by atoms with Crippen LogP contribution >= 0.6 is 0 Å². The molecule has 1 aromatic carbocycles. The highest BCUT2D eigenvalue weighted by atomic mass is 16.3. The van der Waals surface area contributed by atoms with E-state index in [9.17, 15) is 4.79 Å². The molecule has 3 aromatic rings. The van der Waals surface area contributed by atoms with Gasteiger partial charge in [-0.15, -0.1) is 0 Å². The maximum Gasteiger partial charge on any atom is 0.251 e. The van der Waals surface area contributed by atoms with Crippen molar-refractivity contribution in [3.8, 4) is 11.6 Å². The van der Waals surface area contributed by atoms with Crippen LogP contribution in [0.25, 0.3) is 22.7 Å². The summed E-state index contributed by atoms with van der Waals surface area (Å²) in [6.45, 7) is 0.756. The fourth-order valence-electron chi connectivity index (χ4n) is 3.40. The van der Waals surface area contributed by atoms with Gasteiger partial charge in [0, 0.05) is 18.3 Å². The number of nitrogens with zero attached hydrogens (tertiary/aromatic N) is 2. The normalized spacial score (nSPS) is 15.4. The quantitative estimate of drug-likeness (QED) is 0.776. The van der Waals surface area contributed by atoms with Gasteiger partial charge in [-0.2, -0.15) is 0 Å². The average molecular weight is 335 g/mol. The molecule has 128 valence electrons. The van der Waals surface area contributed by atoms with E-state index in [0.717, 1.165) is 12.1 Å². The monoisotopic (exact) mass is 335 g/mol. The van der Waals surface area contributed by atoms with Gasteiger partial charge >= 0.3 is 0 Å². The van der Waals surface area contributed by atoms with Crippen molar-refractivity contribution in [3.63, 3.8) is 0 Å². The average Bonchev–Trinajstić information content (AvgIpc) is 3.11. The van der Waals surface area contributed by atoms with E-state index in [2.05, 4.69) is 15.3 Å². The number of nitrogens with one attached hydrogen (secondary N) is 1. The van der Waals surface area contributed by atoms with Crippen molar-refractivity contribution >= 4 is 17.0 Å². The van der Waals surface area contributed by atoms with Crippen LogP contribution in [0, 0.1) is 5.92 Å². The predicted molar refractivity (Wildman–Crippen MR) is 96.1 cm³/mol. The Labute approximate surface area is 146 Å². The van der Waals surface area contributed by atoms with E-state index in [-0.39, 0.29) is 5.91 Å². The standard InChI is InChI=1S/C20H21N3O2/c24-19(22-13-14-6-2-1-3-7-14)15-9-10-16-18(12-15)25-20(23-16)17-8-4-5-11-21-17/h4-5,8-12,14H,1-3,6-7,13H2,(H,22,24). The molecule has 1 amide bonds. The molecule has 0 unspecified atom stereocenters. The molecule has 1 N–H and O–H groups in total. The highest BCUT2D eigenvalue weighted by Gasteiger charge is 2.16. The van der Waals surface area contributed by atoms with Crippen molar-refractivity contribution in [1.29, 1.82) is 0 Å². The first-order valence-electron chi connectivity index (χ1n) is 8.90. The van der Waals surface area contributed by atoms with Crippen molar-refractivity contribution < 1.29 is 9.21 Å². The topological polar surface area (TPSA) is 68.0 Å². The number of oxazole rings is 1. The molecule has 0 saturated heterocycles. The van der Waals surface area contributed by atoms with Crippen LogP contribution in [0.1, 0.15) is 42.5 Å². The molecular formula is C20H21N3O2. The number of aromatic nitrogens is 2. The Morgan fingerprint density at radius 3 is 2.84 bits per heavy atom. The van der Waals surface area contributed by atoms with Crippen LogP contribution in [-0.4, -0.2) is 22.4 Å². The Morgan fingerprint density at radius 1 is 1.16 bits per heavy atom. The molecule has 25 heavy (non-hydrogen) atoms. The summed E-state index contributed by atoms with van der Waals surface area (Å²) >= 11 is 0. The molecule has 5 heteroatoms. The zero-order chi connectivity index (χ0) is 17.1. The summed E-state index contributed by atoms with van der Waals surface area (Å²) in [6, 6.07) is 11.0. The lowest BCUT2D eigenvalue weighted by atomic mass is 9.89. The first-order valence-corrected chi connectivity index (χ1v) is 8.90. The maximum absolute atomic E-state index is 12.4. The van der Waals surface area contributed by atoms with Gasteiger partial charge in [0.05, 0.1) is 0 Å². The van der Waals surface area contributed by atoms with Crippen LogP contribution in [0.2, 0.25) is 0 Å². The summed E-state index contributed by atoms with van der Waals surface area (Å²) in [4.78, 5) is 21.1. The minimum Gasteiger partial charge on any atom is -0.435 e. The van der Waals surface area contributed by atoms with E-state index < -0.39 is 0 Å². The molecule has 2 aromatic heterocycles. The van der Waals surface area contributed by atoms with Gasteiger partial charge in [-0.25, -0.2) is 4.98 Å². The number of amides is 1. The molecule has 5 nitrogen and oxygen atoms in total. The molecule has 2 heterocycles. The van der Waals surface area contributed by atoms with Crippen molar-refractivity contribution in [2.45, 2.75) is 32.1 Å². The van der Waals surface area contributed by atoms with Gasteiger partial charge in [-0.3, -0.25) is 9.78 Å². The number of hydrogen-bond acceptors (Lipinski definition) is 4. The third kappa shape index (κ3) is 3.55. The summed E-state index contributed by atoms with van der Waals surface area (Å²) in [5, 5.41) is 3.06. The van der Waals surface area contributed by atoms with Crippen molar-refractivity contribution in [2.24, 2.45) is 5.92 Å². The summed E-state index contributed by atoms with van der Waals surface area (Å²) in [6.07, 6.45) is 8.02. The number of carbonyl (C=O) groups excluding carboxylic acids is 1. The van der Waals surface area contributed by atoms with Crippen molar-refractivity contribution in [1.82, 2.24) is 15.3 Å². The second-order valence-electron chi connectivity index (χ2n) is 6.63. The molecule has 0 radical (unpaired) electrons. The summed E-state index contributed by atoms with van der Waals surface area (Å²) in [7, 11) is 0. The van der Waals surface area contributed by atoms with Crippen molar-refractivity contribution in [2.75, 3.05) is 6.54 Å². The fraction of sp³-hybridized carbons (Fsp3) is 0.350. The third-order valence-corrected chi connectivity index (χ3v) is 4.81. The van der Waals surface area contributed by atoms with E-state index in [1.54, 1.807) is 18.3 Å². The molecule has 0 spiro atoms. The molecule has 0 aliphatic heterocycles. The SMILES string of the molecule is O=C(NCC1CCCCC1)c1ccc2nc(-c3ccccn3)oc2c1. The zero-order valence-corrected chi connectivity index (χ0v) is 14.1. The summed E-state index contributed by atoms with van der Waals surface area (Å²) in [5.74, 6) is 1.03. The third-order valence-electron chi connectivity index (χ3n) is 4.81. The van der Waals surface area contributed by atoms with Crippen LogP contribution in [-0.2, 0) is 0 Å². The lowest BCUT2D eigenvalue weighted by Crippen LogP contribution is -2.30. The fourth-order valence-corrected chi connectivity index (χ4v) is 3.40. The number of carbonyl (C=O) groups is 1. The molecule has 1 aliphatic rings. The Kier molecular flexibility index (Phi) is 4.46. The van der Waals surface area contributed by atoms with Gasteiger partial charge in [0.25, 0.3) is 5.91 Å². The van der Waals surface area contributed by atoms with Gasteiger partial charge in [0.1, 0.15) is 11.2 Å². The highest BCUT2D eigenvalue weighted by Crippen LogP contribution is 2.24. The van der Waals surface area contributed by atoms with E-state index in [1.165, 1.54) is 32.1 Å². The second kappa shape index (κ2) is 7.05. The molecule has 0 bridgehead atoms. The van der Waals surface area contributed by atoms with Gasteiger partial charge in [0.2, 0.25) is 5.89 Å². The molecule has 1 fully saturated rings. The van der Waals surface area contributed by atoms with Gasteiger partial charge in [0.15, 0.2) is 5.58 Å². The number of benzene rings is 1.